The van der Waals surface area contributed by atoms with Crippen molar-refractivity contribution in [3.8, 4) is 0 Å². The molecule has 0 aromatic heterocycles. The number of carbonyl (C=O) groups is 8. The van der Waals surface area contributed by atoms with E-state index in [4.69, 9.17) is 0 Å². The minimum atomic E-state index is -0.938. The molecule has 2 aliphatic heterocycles. The molecule has 2 heterocycles. The molecule has 412 valence electrons. The van der Waals surface area contributed by atoms with Crippen molar-refractivity contribution < 1.29 is 38.4 Å². The highest BCUT2D eigenvalue weighted by molar-refractivity contribution is 5.95. The van der Waals surface area contributed by atoms with Gasteiger partial charge in [0.05, 0.1) is 24.2 Å². The first-order chi connectivity index (χ1) is 35.5. The van der Waals surface area contributed by atoms with Gasteiger partial charge in [-0.05, 0) is 125 Å². The molecule has 0 bridgehead atoms. The topological polar surface area (TPSA) is 239 Å². The van der Waals surface area contributed by atoms with E-state index in [1.165, 1.54) is 20.9 Å². The monoisotopic (exact) mass is 1040 g/mol. The number of aryl methyl sites for hydroxylation is 2. The number of unbranched alkanes of at least 4 members (excludes halogenated alkanes) is 2. The van der Waals surface area contributed by atoms with Crippen molar-refractivity contribution >= 4 is 47.3 Å². The molecule has 2 aliphatic carbocycles. The molecular formula is C57H86N10O8. The van der Waals surface area contributed by atoms with Gasteiger partial charge >= 0.3 is 0 Å². The third-order valence-electron chi connectivity index (χ3n) is 15.6. The van der Waals surface area contributed by atoms with Crippen LogP contribution in [0.2, 0.25) is 0 Å². The van der Waals surface area contributed by atoms with E-state index in [-0.39, 0.29) is 86.3 Å². The lowest BCUT2D eigenvalue weighted by atomic mass is 9.85. The Balaban J connectivity index is 1.05. The largest absolute Gasteiger partial charge is 0.351 e. The SMILES string of the molecule is CN[C@@H](C)C(=O)N[C@H](C(=O)N1C[C@@H](NC(=O)CCCCCC(=O)N[C@H]2C[C@@H](C(=O)N[C@@H]3CCCc4ccccc43)N(C(=O)[C@@H](NC(=O)[C@H](C)NC)C(C)(C)C)C2)C[C@H]1C(=O)N[C@@H]1CCCc2ccccc21)C(C)(C)C. The van der Waals surface area contributed by atoms with E-state index in [1.54, 1.807) is 27.9 Å². The molecule has 75 heavy (non-hydrogen) atoms. The van der Waals surface area contributed by atoms with E-state index in [9.17, 15) is 38.4 Å². The van der Waals surface area contributed by atoms with E-state index < -0.39 is 71.0 Å². The maximum absolute atomic E-state index is 14.5. The molecule has 4 aliphatic rings. The van der Waals surface area contributed by atoms with Gasteiger partial charge in [-0.2, -0.15) is 0 Å². The number of nitrogens with one attached hydrogen (secondary N) is 8. The Morgan fingerprint density at radius 2 is 0.920 bits per heavy atom. The number of rotatable bonds is 20. The average Bonchev–Trinajstić information content (AvgIpc) is 4.00. The summed E-state index contributed by atoms with van der Waals surface area (Å²) in [6, 6.07) is 9.93. The van der Waals surface area contributed by atoms with Crippen LogP contribution in [0.25, 0.3) is 0 Å². The van der Waals surface area contributed by atoms with Gasteiger partial charge in [-0.3, -0.25) is 38.4 Å². The number of hydrogen-bond acceptors (Lipinski definition) is 10. The van der Waals surface area contributed by atoms with Crippen LogP contribution >= 0.6 is 0 Å². The lowest BCUT2D eigenvalue weighted by Crippen LogP contribution is -2.59. The summed E-state index contributed by atoms with van der Waals surface area (Å²) >= 11 is 0. The molecule has 10 atom stereocenters. The quantitative estimate of drug-likeness (QED) is 0.0894. The lowest BCUT2D eigenvalue weighted by molar-refractivity contribution is -0.144. The Kier molecular flexibility index (Phi) is 20.1. The molecule has 0 saturated carbocycles. The van der Waals surface area contributed by atoms with Crippen LogP contribution < -0.4 is 42.5 Å². The smallest absolute Gasteiger partial charge is 0.246 e. The van der Waals surface area contributed by atoms with Crippen molar-refractivity contribution in [3.05, 3.63) is 70.8 Å². The number of likely N-dealkylation sites (tertiary alicyclic amines) is 2. The Hall–Kier alpha value is -5.88. The molecule has 0 spiro atoms. The van der Waals surface area contributed by atoms with Crippen LogP contribution in [-0.2, 0) is 51.2 Å². The van der Waals surface area contributed by atoms with Crippen molar-refractivity contribution in [3.63, 3.8) is 0 Å². The zero-order valence-corrected chi connectivity index (χ0v) is 46.2. The summed E-state index contributed by atoms with van der Waals surface area (Å²) < 4.78 is 0. The molecule has 0 unspecified atom stereocenters. The lowest BCUT2D eigenvalue weighted by Gasteiger charge is -2.36. The van der Waals surface area contributed by atoms with Crippen LogP contribution in [0.5, 0.6) is 0 Å². The van der Waals surface area contributed by atoms with E-state index >= 15 is 0 Å². The van der Waals surface area contributed by atoms with Gasteiger partial charge in [-0.1, -0.05) is 96.5 Å². The second-order valence-corrected chi connectivity index (χ2v) is 23.5. The Morgan fingerprint density at radius 1 is 0.547 bits per heavy atom. The van der Waals surface area contributed by atoms with Gasteiger partial charge < -0.3 is 52.3 Å². The molecule has 0 radical (unpaired) electrons. The van der Waals surface area contributed by atoms with E-state index in [2.05, 4.69) is 54.7 Å². The minimum Gasteiger partial charge on any atom is -0.351 e. The van der Waals surface area contributed by atoms with Crippen molar-refractivity contribution in [1.29, 1.82) is 0 Å². The second kappa shape index (κ2) is 25.8. The van der Waals surface area contributed by atoms with Crippen LogP contribution in [0.3, 0.4) is 0 Å². The maximum atomic E-state index is 14.5. The number of likely N-dealkylation sites (N-methyl/N-ethyl adjacent to an activating group) is 2. The first-order valence-electron chi connectivity index (χ1n) is 27.4. The first kappa shape index (κ1) is 58.4. The predicted molar refractivity (Wildman–Crippen MR) is 288 cm³/mol. The molecule has 18 nitrogen and oxygen atoms in total. The normalized spacial score (nSPS) is 23.1. The van der Waals surface area contributed by atoms with Crippen LogP contribution in [0, 0.1) is 10.8 Å². The highest BCUT2D eigenvalue weighted by Gasteiger charge is 2.48. The van der Waals surface area contributed by atoms with Gasteiger partial charge in [-0.15, -0.1) is 0 Å². The molecule has 2 saturated heterocycles. The predicted octanol–water partition coefficient (Wildman–Crippen LogP) is 3.77. The van der Waals surface area contributed by atoms with Crippen molar-refractivity contribution in [2.45, 2.75) is 199 Å². The molecule has 2 aromatic rings. The van der Waals surface area contributed by atoms with Gasteiger partial charge in [-0.25, -0.2) is 0 Å². The summed E-state index contributed by atoms with van der Waals surface area (Å²) in [4.78, 5) is 114. The zero-order valence-electron chi connectivity index (χ0n) is 46.2. The van der Waals surface area contributed by atoms with Gasteiger partial charge in [0.15, 0.2) is 0 Å². The van der Waals surface area contributed by atoms with Gasteiger partial charge in [0.2, 0.25) is 47.3 Å². The zero-order chi connectivity index (χ0) is 54.8. The third-order valence-corrected chi connectivity index (χ3v) is 15.6. The number of carbonyl (C=O) groups excluding carboxylic acids is 8. The standard InChI is InChI=1S/C57H86N10O8/c1-34(58-9)50(70)64-48(56(3,4)5)54(74)66-32-38(30-44(66)52(72)62-42-26-18-22-36-20-14-16-24-40(36)42)60-46(68)28-12-11-13-29-47(69)61-39-31-45(53(73)63-43-27-19-23-37-21-15-17-25-41(37)43)67(33-39)55(75)49(57(6,7)8)65-51(71)35(2)59-10/h14-17,20-21,24-25,34-35,38-39,42-45,48-49,58-59H,11-13,18-19,22-23,26-33H2,1-10H3,(H,60,68)(H,61,69)(H,62,72)(H,63,73)(H,64,70)(H,65,71)/t34-,35-,38-,39-,42+,43+,44-,45-,48+,49+/m0/s1. The highest BCUT2D eigenvalue weighted by Crippen LogP contribution is 2.34. The molecule has 2 fully saturated rings. The van der Waals surface area contributed by atoms with Crippen LogP contribution in [0.1, 0.15) is 160 Å². The summed E-state index contributed by atoms with van der Waals surface area (Å²) in [7, 11) is 3.33. The Labute approximate surface area is 444 Å². The molecule has 2 aromatic carbocycles. The molecule has 6 rings (SSSR count). The Morgan fingerprint density at radius 3 is 1.28 bits per heavy atom. The number of amides is 8. The maximum Gasteiger partial charge on any atom is 0.246 e. The fourth-order valence-corrected chi connectivity index (χ4v) is 11.0. The van der Waals surface area contributed by atoms with E-state index in [1.807, 2.05) is 77.9 Å². The Bertz CT molecular complexity index is 2220. The minimum absolute atomic E-state index is 0.0937. The fraction of sp³-hybridized carbons (Fsp3) is 0.649. The molecule has 8 amide bonds. The van der Waals surface area contributed by atoms with E-state index in [0.29, 0.717) is 19.3 Å². The summed E-state index contributed by atoms with van der Waals surface area (Å²) in [6.45, 7) is 14.8. The number of benzene rings is 2. The highest BCUT2D eigenvalue weighted by atomic mass is 16.2. The van der Waals surface area contributed by atoms with Crippen molar-refractivity contribution in [2.75, 3.05) is 27.2 Å². The number of nitrogens with zero attached hydrogens (tertiary/aromatic N) is 2. The average molecular weight is 1040 g/mol. The fourth-order valence-electron chi connectivity index (χ4n) is 11.0. The molecule has 8 N–H and O–H groups in total. The van der Waals surface area contributed by atoms with Crippen molar-refractivity contribution in [1.82, 2.24) is 52.3 Å². The second-order valence-electron chi connectivity index (χ2n) is 23.5. The van der Waals surface area contributed by atoms with Gasteiger partial charge in [0.1, 0.15) is 24.2 Å². The van der Waals surface area contributed by atoms with Crippen molar-refractivity contribution in [2.24, 2.45) is 10.8 Å². The molecule has 18 heteroatoms. The van der Waals surface area contributed by atoms with Gasteiger partial charge in [0, 0.05) is 38.0 Å². The molecular weight excluding hydrogens is 953 g/mol. The summed E-state index contributed by atoms with van der Waals surface area (Å²) in [5.74, 6) is -2.54. The van der Waals surface area contributed by atoms with Crippen LogP contribution in [-0.4, -0.2) is 133 Å². The van der Waals surface area contributed by atoms with E-state index in [0.717, 1.165) is 49.7 Å². The van der Waals surface area contributed by atoms with Crippen LogP contribution in [0.15, 0.2) is 48.5 Å². The number of fused-ring (bicyclic) bond motifs is 2. The van der Waals surface area contributed by atoms with Crippen LogP contribution in [0.4, 0.5) is 0 Å². The summed E-state index contributed by atoms with van der Waals surface area (Å²) in [6.07, 6.45) is 7.52. The first-order valence-corrected chi connectivity index (χ1v) is 27.4. The van der Waals surface area contributed by atoms with Gasteiger partial charge in [0.25, 0.3) is 0 Å². The summed E-state index contributed by atoms with van der Waals surface area (Å²) in [5.41, 5.74) is 3.12. The third kappa shape index (κ3) is 15.2. The summed E-state index contributed by atoms with van der Waals surface area (Å²) in [5, 5.41) is 24.3. The number of hydrogen-bond donors (Lipinski definition) is 8.